The normalized spacial score (nSPS) is 11.3. The SMILES string of the molecule is COc1ccc(C(=O)N/N=C/c2cc(O)c(O)c(Br)c2Br)cc1.COc1ccc(C(=O)N/N=C\c2cc(Br)c(O)c(O)c2Br)cc1.Cc1ccc(OCC(=O)N/N=C/c2c(Br)cc(Br)c(O)c2Br)c(Br)c1.O=C(N/N=C/c1cc(Br)ccc1OC(=O)c1ccc([N+](=O)[O-])cc1)/C(=C\c1ccc2c(c1)OCO2)NC(=O)c1ccccc1.O=C(Nc1cccc(N=Cc2cc(N=Nc3ccccc3Cl)ccc2O)c1)c1ccco1. The Labute approximate surface area is 916 Å². The molecule has 0 bridgehead atoms. The molecule has 6 amide bonds. The van der Waals surface area contributed by atoms with Crippen LogP contribution in [-0.2, 0) is 9.59 Å². The van der Waals surface area contributed by atoms with Crippen molar-refractivity contribution in [2.24, 2.45) is 35.6 Å². The van der Waals surface area contributed by atoms with E-state index in [4.69, 9.17) is 44.4 Å². The minimum atomic E-state index is -0.751. The molecule has 1 aliphatic rings. The fraction of sp³-hybridized carbons (Fsp3) is 0.0495. The first-order valence-electron chi connectivity index (χ1n) is 41.9. The number of carbonyl (C=O) groups is 7. The Hall–Kier alpha value is -15.1. The number of aliphatic imine (C=N–C) groups is 1. The molecule has 147 heavy (non-hydrogen) atoms. The highest BCUT2D eigenvalue weighted by atomic mass is 79.9. The predicted molar refractivity (Wildman–Crippen MR) is 584 cm³/mol. The molecule has 0 saturated heterocycles. The van der Waals surface area contributed by atoms with Gasteiger partial charge in [-0.3, -0.25) is 43.9 Å². The molecule has 0 atom stereocenters. The third kappa shape index (κ3) is 33.2. The van der Waals surface area contributed by atoms with E-state index in [1.54, 1.807) is 202 Å². The lowest BCUT2D eigenvalue weighted by molar-refractivity contribution is -0.384. The number of ether oxygens (including phenoxy) is 6. The molecule has 750 valence electrons. The lowest BCUT2D eigenvalue weighted by atomic mass is 10.1. The molecule has 0 radical (unpaired) electrons. The number of methoxy groups -OCH3 is 2. The lowest BCUT2D eigenvalue weighted by Gasteiger charge is -2.10. The van der Waals surface area contributed by atoms with Gasteiger partial charge in [0.2, 0.25) is 6.79 Å². The average molecular weight is 2590 g/mol. The second kappa shape index (κ2) is 55.3. The van der Waals surface area contributed by atoms with Crippen molar-refractivity contribution < 1.29 is 102 Å². The number of nitrogens with zero attached hydrogens (tertiary/aromatic N) is 8. The van der Waals surface area contributed by atoms with E-state index in [0.717, 1.165) is 10.0 Å². The number of esters is 1. The van der Waals surface area contributed by atoms with E-state index in [2.05, 4.69) is 211 Å². The van der Waals surface area contributed by atoms with Crippen molar-refractivity contribution in [1.29, 1.82) is 0 Å². The average Bonchev–Trinajstić information content (AvgIpc) is 1.66. The Morgan fingerprint density at radius 1 is 0.469 bits per heavy atom. The quantitative estimate of drug-likeness (QED) is 0.00317. The summed E-state index contributed by atoms with van der Waals surface area (Å²) in [6.45, 7) is 1.87. The van der Waals surface area contributed by atoms with E-state index in [-0.39, 0.29) is 98.5 Å². The Balaban J connectivity index is 0.000000179. The van der Waals surface area contributed by atoms with Gasteiger partial charge in [0.05, 0.1) is 99.1 Å². The van der Waals surface area contributed by atoms with Crippen LogP contribution in [0.2, 0.25) is 5.02 Å². The molecule has 13 aromatic carbocycles. The van der Waals surface area contributed by atoms with Gasteiger partial charge >= 0.3 is 5.97 Å². The molecule has 0 aliphatic carbocycles. The maximum atomic E-state index is 13.2. The Morgan fingerprint density at radius 2 is 1.09 bits per heavy atom. The van der Waals surface area contributed by atoms with Crippen LogP contribution in [0.25, 0.3) is 6.08 Å². The third-order valence-corrected chi connectivity index (χ3v) is 26.4. The Morgan fingerprint density at radius 3 is 1.74 bits per heavy atom. The number of phenols is 6. The first kappa shape index (κ1) is 112. The van der Waals surface area contributed by atoms with E-state index in [0.29, 0.717) is 138 Å². The van der Waals surface area contributed by atoms with Crippen LogP contribution < -0.4 is 60.8 Å². The minimum absolute atomic E-state index is 0.0449. The molecule has 12 N–H and O–H groups in total. The van der Waals surface area contributed by atoms with Gasteiger partial charge in [-0.2, -0.15) is 25.5 Å². The highest BCUT2D eigenvalue weighted by Gasteiger charge is 2.23. The van der Waals surface area contributed by atoms with Gasteiger partial charge in [-0.1, -0.05) is 92.0 Å². The third-order valence-electron chi connectivity index (χ3n) is 19.3. The van der Waals surface area contributed by atoms with Crippen LogP contribution in [0, 0.1) is 17.0 Å². The van der Waals surface area contributed by atoms with Crippen molar-refractivity contribution in [3.63, 3.8) is 0 Å². The number of nitrogens with one attached hydrogen (secondary N) is 6. The number of non-ortho nitro benzene ring substituents is 1. The molecule has 46 heteroatoms. The highest BCUT2D eigenvalue weighted by molar-refractivity contribution is 9.13. The van der Waals surface area contributed by atoms with Gasteiger partial charge in [0.25, 0.3) is 41.1 Å². The molecule has 15 rings (SSSR count). The number of hydrazone groups is 4. The zero-order valence-corrected chi connectivity index (χ0v) is 90.8. The van der Waals surface area contributed by atoms with Gasteiger partial charge < -0.3 is 74.1 Å². The number of furan rings is 1. The second-order valence-corrected chi connectivity index (χ2v) is 37.3. The molecule has 14 aromatic rings. The summed E-state index contributed by atoms with van der Waals surface area (Å²) < 4.78 is 41.2. The van der Waals surface area contributed by atoms with Gasteiger partial charge in [0.1, 0.15) is 45.9 Å². The summed E-state index contributed by atoms with van der Waals surface area (Å²) in [7, 11) is 3.09. The van der Waals surface area contributed by atoms with E-state index >= 15 is 0 Å². The van der Waals surface area contributed by atoms with Crippen molar-refractivity contribution in [2.75, 3.05) is 32.9 Å². The van der Waals surface area contributed by atoms with Crippen molar-refractivity contribution in [1.82, 2.24) is 27.0 Å². The largest absolute Gasteiger partial charge is 0.507 e. The fourth-order valence-corrected chi connectivity index (χ4v) is 17.0. The maximum absolute atomic E-state index is 13.2. The smallest absolute Gasteiger partial charge is 0.343 e. The number of hydrogen-bond acceptors (Lipinski definition) is 29. The van der Waals surface area contributed by atoms with E-state index in [1.807, 2.05) is 31.2 Å². The van der Waals surface area contributed by atoms with Crippen LogP contribution in [0.1, 0.15) is 90.9 Å². The summed E-state index contributed by atoms with van der Waals surface area (Å²) in [4.78, 5) is 101. The number of rotatable bonds is 28. The lowest BCUT2D eigenvalue weighted by Crippen LogP contribution is -2.32. The number of aryl methyl sites for hydroxylation is 1. The first-order valence-corrected chi connectivity index (χ1v) is 49.4. The molecular formula is C101H74Br9ClN14O22. The van der Waals surface area contributed by atoms with Gasteiger partial charge in [-0.05, 0) is 330 Å². The molecule has 0 unspecified atom stereocenters. The number of amides is 6. The monoisotopic (exact) mass is 2580 g/mol. The van der Waals surface area contributed by atoms with Gasteiger partial charge in [-0.15, -0.1) is 5.11 Å². The van der Waals surface area contributed by atoms with Crippen LogP contribution in [0.3, 0.4) is 0 Å². The molecule has 1 aromatic heterocycles. The topological polar surface area (TPSA) is 511 Å². The van der Waals surface area contributed by atoms with Crippen molar-refractivity contribution in [3.8, 4) is 69.0 Å². The Kier molecular flexibility index (Phi) is 42.2. The van der Waals surface area contributed by atoms with Gasteiger partial charge in [-0.25, -0.2) is 26.5 Å². The van der Waals surface area contributed by atoms with Crippen molar-refractivity contribution in [2.45, 2.75) is 6.92 Å². The number of phenolic OH excluding ortho intramolecular Hbond substituents is 6. The first-order chi connectivity index (χ1) is 70.5. The molecule has 0 saturated carbocycles. The maximum Gasteiger partial charge on any atom is 0.343 e. The number of nitro benzene ring substituents is 1. The molecule has 1 aliphatic heterocycles. The number of hydrogen-bond donors (Lipinski definition) is 12. The van der Waals surface area contributed by atoms with E-state index in [1.165, 1.54) is 85.9 Å². The number of azo groups is 1. The van der Waals surface area contributed by atoms with Crippen LogP contribution in [0.5, 0.6) is 69.0 Å². The molecule has 0 spiro atoms. The van der Waals surface area contributed by atoms with E-state index < -0.39 is 28.6 Å². The summed E-state index contributed by atoms with van der Waals surface area (Å²) in [6, 6.07) is 68.5. The number of carbonyl (C=O) groups excluding carboxylic acids is 7. The van der Waals surface area contributed by atoms with Gasteiger partial charge in [0, 0.05) is 82.0 Å². The van der Waals surface area contributed by atoms with E-state index in [9.17, 15) is 74.3 Å². The fourth-order valence-electron chi connectivity index (χ4n) is 11.8. The number of halogens is 10. The number of fused-ring (bicyclic) bond motifs is 1. The predicted octanol–water partition coefficient (Wildman–Crippen LogP) is 24.4. The molecule has 2 heterocycles. The molecule has 36 nitrogen and oxygen atoms in total. The summed E-state index contributed by atoms with van der Waals surface area (Å²) >= 11 is 35.4. The van der Waals surface area contributed by atoms with Crippen molar-refractivity contribution >= 4 is 262 Å². The number of nitro groups is 1. The summed E-state index contributed by atoms with van der Waals surface area (Å²) in [5, 5.41) is 99.1. The minimum Gasteiger partial charge on any atom is -0.507 e. The number of benzene rings is 13. The Bertz CT molecular complexity index is 7310. The van der Waals surface area contributed by atoms with Crippen molar-refractivity contribution in [3.05, 3.63) is 389 Å². The zero-order valence-electron chi connectivity index (χ0n) is 75.8. The zero-order chi connectivity index (χ0) is 106. The summed E-state index contributed by atoms with van der Waals surface area (Å²) in [5.74, 6) is -1.35. The number of anilines is 1. The van der Waals surface area contributed by atoms with Crippen LogP contribution in [0.15, 0.2) is 347 Å². The summed E-state index contributed by atoms with van der Waals surface area (Å²) in [6.07, 6.45) is 9.77. The van der Waals surface area contributed by atoms with Crippen LogP contribution in [0.4, 0.5) is 28.4 Å². The summed E-state index contributed by atoms with van der Waals surface area (Å²) in [5.41, 5.74) is 16.7. The number of aromatic hydroxyl groups is 6. The molecular weight excluding hydrogens is 2520 g/mol. The van der Waals surface area contributed by atoms with Gasteiger partial charge in [0.15, 0.2) is 46.9 Å². The highest BCUT2D eigenvalue weighted by Crippen LogP contribution is 2.44. The molecule has 0 fully saturated rings. The van der Waals surface area contributed by atoms with Crippen LogP contribution >= 0.6 is 155 Å². The second-order valence-electron chi connectivity index (χ2n) is 29.4. The van der Waals surface area contributed by atoms with Crippen LogP contribution in [-0.4, -0.2) is 136 Å². The standard InChI is InChI=1S/C31H21BrN4O8.C24H17ClN4O3.C16H12Br4N2O3.2C15H12Br2N2O4/c32-23-9-13-26(44-31(39)21-7-10-24(11-8-21)36(40)41)22(16-23)17-33-35-30(38)25(34-29(37)20-4-2-1-3-5-20)14-19-6-12-27-28(15-19)43-18-42-27;25-20-7-1-2-8-21(20)29-28-19-10-11-22(30)16(13-19)15-26-17-5-3-6-18(14-17)27-24(31)23-9-4-12-32-23;1-8-2-3-13(11(18)4-8)25-7-14(23)22-21-6-9-10(17)5-12(19)16(24)15(9)20;1-23-10-4-2-8(3-5-10)15(22)19-18-7-9-6-11(20)14(21)13(17)12(9)16;1-23-10-4-2-8(3-5-10)15(22)19-18-7-9-6-11(16)13(20)14(21)12(9)17/h1-17H,18H2,(H,34,37)(H,35,38);1-15,30H,(H,27,31);2-6,24H,7H2,1H3,(H,22,23);2*2-7,20-21H,1H3,(H,19,22)/b25-14+,33-17+;;21-6+;18-7+;18-7-.